The maximum Gasteiger partial charge on any atom is 0.209 e. The Balaban J connectivity index is 1.43. The first-order valence-electron chi connectivity index (χ1n) is 8.18. The zero-order valence-electron chi connectivity index (χ0n) is 13.9. The number of ketones is 2. The molecule has 2 fully saturated rings. The number of aliphatic hydroxyl groups excluding tert-OH is 1. The molecule has 7 nitrogen and oxygen atoms in total. The van der Waals surface area contributed by atoms with Gasteiger partial charge in [-0.2, -0.15) is 0 Å². The van der Waals surface area contributed by atoms with Crippen molar-refractivity contribution in [3.63, 3.8) is 0 Å². The third-order valence-electron chi connectivity index (χ3n) is 4.57. The number of allylic oxidation sites excluding steroid dienone is 2. The van der Waals surface area contributed by atoms with Crippen molar-refractivity contribution in [3.8, 4) is 0 Å². The van der Waals surface area contributed by atoms with E-state index in [0.29, 0.717) is 11.1 Å². The number of fused-ring (bicyclic) bond motifs is 2. The molecular formula is C18H19NO6. The smallest absolute Gasteiger partial charge is 0.209 e. The molecule has 0 spiro atoms. The predicted molar refractivity (Wildman–Crippen MR) is 85.9 cm³/mol. The molecule has 4 atom stereocenters. The Morgan fingerprint density at radius 1 is 1.16 bits per heavy atom. The second kappa shape index (κ2) is 5.74. The lowest BCUT2D eigenvalue weighted by atomic mass is 9.92. The Kier molecular flexibility index (Phi) is 3.77. The summed E-state index contributed by atoms with van der Waals surface area (Å²) < 4.78 is 16.9. The highest BCUT2D eigenvalue weighted by atomic mass is 16.8. The first-order chi connectivity index (χ1) is 11.9. The largest absolute Gasteiger partial charge is 0.387 e. The van der Waals surface area contributed by atoms with Gasteiger partial charge in [0.15, 0.2) is 17.9 Å². The molecule has 0 bridgehead atoms. The van der Waals surface area contributed by atoms with Crippen LogP contribution < -0.4 is 5.32 Å². The van der Waals surface area contributed by atoms with E-state index in [-0.39, 0.29) is 23.8 Å². The molecule has 2 N–H and O–H groups in total. The number of aliphatic hydroxyl groups is 1. The minimum absolute atomic E-state index is 0.161. The van der Waals surface area contributed by atoms with E-state index in [1.54, 1.807) is 38.1 Å². The lowest BCUT2D eigenvalue weighted by Crippen LogP contribution is -2.41. The van der Waals surface area contributed by atoms with Crippen LogP contribution in [0.2, 0.25) is 0 Å². The lowest BCUT2D eigenvalue weighted by molar-refractivity contribution is -0.213. The summed E-state index contributed by atoms with van der Waals surface area (Å²) in [5, 5.41) is 13.3. The predicted octanol–water partition coefficient (Wildman–Crippen LogP) is 0.776. The highest BCUT2D eigenvalue weighted by Gasteiger charge is 2.54. The third kappa shape index (κ3) is 2.79. The molecule has 1 aliphatic carbocycles. The second-order valence-electron chi connectivity index (χ2n) is 6.81. The molecule has 0 amide bonds. The average molecular weight is 345 g/mol. The van der Waals surface area contributed by atoms with Gasteiger partial charge in [0, 0.05) is 23.7 Å². The van der Waals surface area contributed by atoms with Gasteiger partial charge in [-0.1, -0.05) is 24.3 Å². The van der Waals surface area contributed by atoms with Crippen LogP contribution in [0.5, 0.6) is 0 Å². The molecule has 0 saturated carbocycles. The van der Waals surface area contributed by atoms with E-state index in [2.05, 4.69) is 5.32 Å². The van der Waals surface area contributed by atoms with Crippen LogP contribution in [0.25, 0.3) is 0 Å². The summed E-state index contributed by atoms with van der Waals surface area (Å²) in [6.07, 6.45) is -1.42. The zero-order chi connectivity index (χ0) is 17.8. The Bertz CT molecular complexity index is 771. The fourth-order valence-electron chi connectivity index (χ4n) is 3.38. The minimum atomic E-state index is -0.887. The quantitative estimate of drug-likeness (QED) is 0.836. The molecule has 1 aromatic carbocycles. The number of carbonyl (C=O) groups is 2. The van der Waals surface area contributed by atoms with Crippen molar-refractivity contribution in [2.24, 2.45) is 0 Å². The number of ether oxygens (including phenoxy) is 3. The summed E-state index contributed by atoms with van der Waals surface area (Å²) >= 11 is 0. The van der Waals surface area contributed by atoms with E-state index < -0.39 is 30.4 Å². The molecule has 4 rings (SSSR count). The van der Waals surface area contributed by atoms with Crippen molar-refractivity contribution < 1.29 is 28.9 Å². The van der Waals surface area contributed by atoms with Gasteiger partial charge in [0.2, 0.25) is 5.78 Å². The molecule has 3 aliphatic rings. The first kappa shape index (κ1) is 16.4. The van der Waals surface area contributed by atoms with Crippen molar-refractivity contribution in [2.45, 2.75) is 44.2 Å². The molecule has 132 valence electrons. The third-order valence-corrected chi connectivity index (χ3v) is 4.57. The van der Waals surface area contributed by atoms with E-state index in [9.17, 15) is 14.7 Å². The number of hydrogen-bond donors (Lipinski definition) is 2. The van der Waals surface area contributed by atoms with Crippen LogP contribution in [0.1, 0.15) is 34.6 Å². The number of rotatable bonds is 3. The molecule has 2 saturated heterocycles. The Hall–Kier alpha value is -2.06. The summed E-state index contributed by atoms with van der Waals surface area (Å²) in [7, 11) is 0. The van der Waals surface area contributed by atoms with Crippen LogP contribution in [0.15, 0.2) is 36.0 Å². The highest BCUT2D eigenvalue weighted by molar-refractivity contribution is 6.24. The Labute approximate surface area is 144 Å². The minimum Gasteiger partial charge on any atom is -0.387 e. The fourth-order valence-corrected chi connectivity index (χ4v) is 3.38. The monoisotopic (exact) mass is 345 g/mol. The Morgan fingerprint density at radius 3 is 2.60 bits per heavy atom. The summed E-state index contributed by atoms with van der Waals surface area (Å²) in [5.74, 6) is -1.28. The van der Waals surface area contributed by atoms with Gasteiger partial charge in [0.1, 0.15) is 18.3 Å². The van der Waals surface area contributed by atoms with E-state index in [0.717, 1.165) is 0 Å². The van der Waals surface area contributed by atoms with Crippen LogP contribution in [-0.4, -0.2) is 53.6 Å². The van der Waals surface area contributed by atoms with Gasteiger partial charge in [-0.05, 0) is 13.8 Å². The second-order valence-corrected chi connectivity index (χ2v) is 6.81. The number of nitrogens with one attached hydrogen (secondary N) is 1. The maximum atomic E-state index is 12.5. The molecule has 1 aromatic rings. The zero-order valence-corrected chi connectivity index (χ0v) is 13.9. The normalized spacial score (nSPS) is 33.0. The van der Waals surface area contributed by atoms with Gasteiger partial charge >= 0.3 is 0 Å². The average Bonchev–Trinajstić information content (AvgIpc) is 3.02. The number of hydrogen-bond acceptors (Lipinski definition) is 7. The number of Topliss-reactive ketones (excluding diaryl/α,β-unsaturated/α-hetero) is 1. The van der Waals surface area contributed by atoms with E-state index in [1.165, 1.54) is 6.08 Å². The van der Waals surface area contributed by atoms with Crippen LogP contribution >= 0.6 is 0 Å². The van der Waals surface area contributed by atoms with E-state index >= 15 is 0 Å². The summed E-state index contributed by atoms with van der Waals surface area (Å²) in [5.41, 5.74) is 0.961. The molecule has 25 heavy (non-hydrogen) atoms. The molecule has 0 aromatic heterocycles. The van der Waals surface area contributed by atoms with Gasteiger partial charge in [0.05, 0.1) is 5.70 Å². The van der Waals surface area contributed by atoms with Crippen molar-refractivity contribution in [2.75, 3.05) is 6.54 Å². The molecule has 0 unspecified atom stereocenters. The maximum absolute atomic E-state index is 12.5. The van der Waals surface area contributed by atoms with Crippen LogP contribution in [0.4, 0.5) is 0 Å². The summed E-state index contributed by atoms with van der Waals surface area (Å²) in [6.45, 7) is 3.67. The molecule has 2 heterocycles. The van der Waals surface area contributed by atoms with Crippen LogP contribution in [-0.2, 0) is 14.2 Å². The Morgan fingerprint density at radius 2 is 1.88 bits per heavy atom. The van der Waals surface area contributed by atoms with Crippen molar-refractivity contribution in [1.82, 2.24) is 5.32 Å². The van der Waals surface area contributed by atoms with Gasteiger partial charge in [0.25, 0.3) is 0 Å². The van der Waals surface area contributed by atoms with E-state index in [1.807, 2.05) is 0 Å². The van der Waals surface area contributed by atoms with Crippen LogP contribution in [0, 0.1) is 0 Å². The van der Waals surface area contributed by atoms with Crippen LogP contribution in [0.3, 0.4) is 0 Å². The highest BCUT2D eigenvalue weighted by Crippen LogP contribution is 2.37. The number of benzene rings is 1. The molecule has 7 heteroatoms. The summed E-state index contributed by atoms with van der Waals surface area (Å²) in [6, 6.07) is 6.69. The number of carbonyl (C=O) groups excluding carboxylic acids is 2. The van der Waals surface area contributed by atoms with Gasteiger partial charge < -0.3 is 24.6 Å². The fraction of sp³-hybridized carbons (Fsp3) is 0.444. The molecular weight excluding hydrogens is 326 g/mol. The molecule has 0 radical (unpaired) electrons. The summed E-state index contributed by atoms with van der Waals surface area (Å²) in [4.78, 5) is 24.6. The molecule has 2 aliphatic heterocycles. The first-order valence-corrected chi connectivity index (χ1v) is 8.18. The lowest BCUT2D eigenvalue weighted by Gasteiger charge is -2.24. The van der Waals surface area contributed by atoms with Crippen molar-refractivity contribution in [1.29, 1.82) is 0 Å². The SMILES string of the molecule is CC1(C)O[C@H]2O[C@H](CNC3=CC(=O)c4ccccc4C3=O)[C@H](O)[C@H]2O1. The van der Waals surface area contributed by atoms with E-state index in [4.69, 9.17) is 14.2 Å². The van der Waals surface area contributed by atoms with Crippen molar-refractivity contribution >= 4 is 11.6 Å². The standard InChI is InChI=1S/C18H19NO6/c1-18(2)24-16-15(22)13(23-17(16)25-18)8-19-11-7-12(20)9-5-3-4-6-10(9)14(11)21/h3-7,13,15-17,19,22H,8H2,1-2H3/t13-,15+,16-,17-/m1/s1. The van der Waals surface area contributed by atoms with Gasteiger partial charge in [-0.3, -0.25) is 9.59 Å². The van der Waals surface area contributed by atoms with Gasteiger partial charge in [-0.15, -0.1) is 0 Å². The topological polar surface area (TPSA) is 94.1 Å². The van der Waals surface area contributed by atoms with Crippen molar-refractivity contribution in [3.05, 3.63) is 47.2 Å². The van der Waals surface area contributed by atoms with Gasteiger partial charge in [-0.25, -0.2) is 0 Å².